The maximum Gasteiger partial charge on any atom is 0.0412 e. The summed E-state index contributed by atoms with van der Waals surface area (Å²) in [5.41, 5.74) is 6.32. The molecule has 0 bridgehead atoms. The maximum absolute atomic E-state index is 3.95. The summed E-state index contributed by atoms with van der Waals surface area (Å²) in [6, 6.07) is 4.56. The highest BCUT2D eigenvalue weighted by Gasteiger charge is 2.38. The number of rotatable bonds is 0. The van der Waals surface area contributed by atoms with E-state index in [2.05, 4.69) is 38.2 Å². The fourth-order valence-electron chi connectivity index (χ4n) is 4.20. The van der Waals surface area contributed by atoms with Gasteiger partial charge in [0.25, 0.3) is 0 Å². The second-order valence-corrected chi connectivity index (χ2v) is 6.56. The standard InChI is InChI=1S/C17H25N/c1-12-7-8-13(2)16-15(12)14(3)11-17(18-16)9-5-4-6-10-17/h7-8,14,18H,4-6,9-11H2,1-3H3. The Morgan fingerprint density at radius 3 is 2.44 bits per heavy atom. The number of anilines is 1. The van der Waals surface area contributed by atoms with Crippen molar-refractivity contribution in [3.63, 3.8) is 0 Å². The molecule has 1 aliphatic carbocycles. The zero-order chi connectivity index (χ0) is 12.8. The molecule has 1 fully saturated rings. The van der Waals surface area contributed by atoms with E-state index in [1.54, 1.807) is 5.56 Å². The first-order valence-electron chi connectivity index (χ1n) is 7.50. The van der Waals surface area contributed by atoms with Crippen molar-refractivity contribution in [3.8, 4) is 0 Å². The zero-order valence-electron chi connectivity index (χ0n) is 12.0. The Hall–Kier alpha value is -0.980. The average molecular weight is 243 g/mol. The van der Waals surface area contributed by atoms with E-state index in [-0.39, 0.29) is 0 Å². The molecule has 98 valence electrons. The third-order valence-electron chi connectivity index (χ3n) is 5.06. The van der Waals surface area contributed by atoms with Gasteiger partial charge in [0, 0.05) is 11.2 Å². The molecular weight excluding hydrogens is 218 g/mol. The molecule has 1 aromatic carbocycles. The Balaban J connectivity index is 2.03. The first-order valence-corrected chi connectivity index (χ1v) is 7.50. The SMILES string of the molecule is Cc1ccc(C)c2c1NC1(CCCCC1)CC2C. The van der Waals surface area contributed by atoms with Crippen molar-refractivity contribution in [2.24, 2.45) is 0 Å². The quantitative estimate of drug-likeness (QED) is 0.681. The summed E-state index contributed by atoms with van der Waals surface area (Å²) < 4.78 is 0. The smallest absolute Gasteiger partial charge is 0.0412 e. The van der Waals surface area contributed by atoms with Gasteiger partial charge in [0.2, 0.25) is 0 Å². The first-order chi connectivity index (χ1) is 8.61. The van der Waals surface area contributed by atoms with Crippen LogP contribution in [0.3, 0.4) is 0 Å². The van der Waals surface area contributed by atoms with E-state index < -0.39 is 0 Å². The largest absolute Gasteiger partial charge is 0.379 e. The zero-order valence-corrected chi connectivity index (χ0v) is 12.0. The fraction of sp³-hybridized carbons (Fsp3) is 0.647. The Labute approximate surface area is 111 Å². The minimum atomic E-state index is 0.406. The fourth-order valence-corrected chi connectivity index (χ4v) is 4.20. The van der Waals surface area contributed by atoms with Crippen LogP contribution in [0.1, 0.15) is 68.1 Å². The Kier molecular flexibility index (Phi) is 2.88. The van der Waals surface area contributed by atoms with Crippen LogP contribution in [0.25, 0.3) is 0 Å². The lowest BCUT2D eigenvalue weighted by Crippen LogP contribution is -2.44. The highest BCUT2D eigenvalue weighted by atomic mass is 15.0. The van der Waals surface area contributed by atoms with Crippen LogP contribution < -0.4 is 5.32 Å². The minimum absolute atomic E-state index is 0.406. The lowest BCUT2D eigenvalue weighted by Gasteiger charge is -2.46. The third kappa shape index (κ3) is 1.84. The number of aryl methyl sites for hydroxylation is 2. The first kappa shape index (κ1) is 12.1. The molecule has 0 aromatic heterocycles. The molecule has 0 radical (unpaired) electrons. The van der Waals surface area contributed by atoms with Crippen LogP contribution in [-0.4, -0.2) is 5.54 Å². The highest BCUT2D eigenvalue weighted by molar-refractivity contribution is 5.64. The molecule has 1 spiro atoms. The van der Waals surface area contributed by atoms with Gasteiger partial charge in [-0.2, -0.15) is 0 Å². The van der Waals surface area contributed by atoms with E-state index in [1.807, 2.05) is 0 Å². The Bertz CT molecular complexity index is 455. The summed E-state index contributed by atoms with van der Waals surface area (Å²) in [7, 11) is 0. The van der Waals surface area contributed by atoms with Crippen LogP contribution in [0.2, 0.25) is 0 Å². The molecule has 1 unspecified atom stereocenters. The van der Waals surface area contributed by atoms with Gasteiger partial charge < -0.3 is 5.32 Å². The Morgan fingerprint density at radius 2 is 1.72 bits per heavy atom. The molecule has 0 saturated heterocycles. The summed E-state index contributed by atoms with van der Waals surface area (Å²) >= 11 is 0. The highest BCUT2D eigenvalue weighted by Crippen LogP contribution is 2.47. The van der Waals surface area contributed by atoms with Gasteiger partial charge in [0.05, 0.1) is 0 Å². The molecule has 1 atom stereocenters. The molecule has 1 saturated carbocycles. The van der Waals surface area contributed by atoms with Crippen molar-refractivity contribution in [1.82, 2.24) is 0 Å². The van der Waals surface area contributed by atoms with E-state index in [9.17, 15) is 0 Å². The van der Waals surface area contributed by atoms with Crippen molar-refractivity contribution < 1.29 is 0 Å². The Morgan fingerprint density at radius 1 is 1.06 bits per heavy atom. The number of fused-ring (bicyclic) bond motifs is 1. The van der Waals surface area contributed by atoms with Gasteiger partial charge in [-0.3, -0.25) is 0 Å². The van der Waals surface area contributed by atoms with E-state index >= 15 is 0 Å². The van der Waals surface area contributed by atoms with Crippen LogP contribution in [0, 0.1) is 13.8 Å². The number of nitrogens with one attached hydrogen (secondary N) is 1. The molecule has 1 aliphatic heterocycles. The number of benzene rings is 1. The molecule has 1 N–H and O–H groups in total. The van der Waals surface area contributed by atoms with Crippen molar-refractivity contribution in [2.75, 3.05) is 5.32 Å². The summed E-state index contributed by atoms with van der Waals surface area (Å²) in [6.07, 6.45) is 8.29. The summed E-state index contributed by atoms with van der Waals surface area (Å²) in [4.78, 5) is 0. The van der Waals surface area contributed by atoms with Crippen molar-refractivity contribution in [2.45, 2.75) is 70.8 Å². The molecule has 1 heteroatoms. The molecule has 0 amide bonds. The molecular formula is C17H25N. The molecule has 1 heterocycles. The summed E-state index contributed by atoms with van der Waals surface area (Å²) in [5, 5.41) is 3.95. The normalized spacial score (nSPS) is 25.6. The summed E-state index contributed by atoms with van der Waals surface area (Å²) in [5.74, 6) is 0.708. The summed E-state index contributed by atoms with van der Waals surface area (Å²) in [6.45, 7) is 6.93. The monoisotopic (exact) mass is 243 g/mol. The van der Waals surface area contributed by atoms with Crippen LogP contribution in [0.4, 0.5) is 5.69 Å². The predicted molar refractivity (Wildman–Crippen MR) is 78.4 cm³/mol. The molecule has 3 rings (SSSR count). The van der Waals surface area contributed by atoms with Crippen LogP contribution in [0.15, 0.2) is 12.1 Å². The van der Waals surface area contributed by atoms with E-state index in [1.165, 1.54) is 55.3 Å². The predicted octanol–water partition coefficient (Wildman–Crippen LogP) is 4.93. The van der Waals surface area contributed by atoms with Gasteiger partial charge >= 0.3 is 0 Å². The molecule has 2 aliphatic rings. The van der Waals surface area contributed by atoms with E-state index in [4.69, 9.17) is 0 Å². The number of hydrogen-bond acceptors (Lipinski definition) is 1. The minimum Gasteiger partial charge on any atom is -0.379 e. The van der Waals surface area contributed by atoms with Crippen LogP contribution in [0.5, 0.6) is 0 Å². The van der Waals surface area contributed by atoms with Crippen LogP contribution in [-0.2, 0) is 0 Å². The van der Waals surface area contributed by atoms with Gasteiger partial charge in [0.15, 0.2) is 0 Å². The number of hydrogen-bond donors (Lipinski definition) is 1. The van der Waals surface area contributed by atoms with Gasteiger partial charge in [-0.25, -0.2) is 0 Å². The lowest BCUT2D eigenvalue weighted by molar-refractivity contribution is 0.281. The molecule has 1 nitrogen and oxygen atoms in total. The van der Waals surface area contributed by atoms with Crippen molar-refractivity contribution in [1.29, 1.82) is 0 Å². The van der Waals surface area contributed by atoms with Crippen LogP contribution >= 0.6 is 0 Å². The molecule has 18 heavy (non-hydrogen) atoms. The molecule has 1 aromatic rings. The lowest BCUT2D eigenvalue weighted by atomic mass is 9.70. The van der Waals surface area contributed by atoms with Crippen molar-refractivity contribution >= 4 is 5.69 Å². The average Bonchev–Trinajstić information content (AvgIpc) is 2.34. The van der Waals surface area contributed by atoms with Gasteiger partial charge in [-0.15, -0.1) is 0 Å². The third-order valence-corrected chi connectivity index (χ3v) is 5.06. The van der Waals surface area contributed by atoms with E-state index in [0.29, 0.717) is 11.5 Å². The van der Waals surface area contributed by atoms with Crippen molar-refractivity contribution in [3.05, 3.63) is 28.8 Å². The second-order valence-electron chi connectivity index (χ2n) is 6.56. The topological polar surface area (TPSA) is 12.0 Å². The maximum atomic E-state index is 3.95. The second kappa shape index (κ2) is 4.29. The van der Waals surface area contributed by atoms with Gasteiger partial charge in [0.1, 0.15) is 0 Å². The van der Waals surface area contributed by atoms with Gasteiger partial charge in [-0.05, 0) is 55.7 Å². The van der Waals surface area contributed by atoms with Gasteiger partial charge in [-0.1, -0.05) is 38.3 Å². The van der Waals surface area contributed by atoms with E-state index in [0.717, 1.165) is 0 Å².